The van der Waals surface area contributed by atoms with Gasteiger partial charge in [0.1, 0.15) is 5.69 Å². The van der Waals surface area contributed by atoms with Crippen molar-refractivity contribution in [3.05, 3.63) is 11.8 Å². The standard InChI is InChI=1S/C4H4F3N3O3S/c5-4(6,7)2-1-3(10-9-2)13-14(8,11)12/h1H,(H,9,10)(H2,8,11,12). The van der Waals surface area contributed by atoms with E-state index in [1.807, 2.05) is 0 Å². The highest BCUT2D eigenvalue weighted by Crippen LogP contribution is 2.29. The second kappa shape index (κ2) is 3.13. The summed E-state index contributed by atoms with van der Waals surface area (Å²) in [6.45, 7) is 0. The quantitative estimate of drug-likeness (QED) is 0.749. The highest BCUT2D eigenvalue weighted by atomic mass is 32.2. The minimum Gasteiger partial charge on any atom is -0.349 e. The normalized spacial score (nSPS) is 12.9. The summed E-state index contributed by atoms with van der Waals surface area (Å²) >= 11 is 0. The Morgan fingerprint density at radius 2 is 2.07 bits per heavy atom. The summed E-state index contributed by atoms with van der Waals surface area (Å²) in [5, 5.41) is 8.89. The van der Waals surface area contributed by atoms with E-state index in [4.69, 9.17) is 0 Å². The van der Waals surface area contributed by atoms with Gasteiger partial charge in [-0.05, 0) is 0 Å². The SMILES string of the molecule is NS(=O)(=O)Oc1cc(C(F)(F)F)[nH]n1. The zero-order valence-corrected chi connectivity index (χ0v) is 7.19. The molecular formula is C4H4F3N3O3S. The molecule has 1 aromatic heterocycles. The number of aromatic amines is 1. The highest BCUT2D eigenvalue weighted by molar-refractivity contribution is 7.84. The van der Waals surface area contributed by atoms with E-state index in [-0.39, 0.29) is 0 Å². The number of alkyl halides is 3. The Morgan fingerprint density at radius 1 is 1.50 bits per heavy atom. The van der Waals surface area contributed by atoms with Gasteiger partial charge in [0.2, 0.25) is 0 Å². The maximum atomic E-state index is 11.9. The third kappa shape index (κ3) is 2.88. The summed E-state index contributed by atoms with van der Waals surface area (Å²) in [5.74, 6) is -0.764. The molecule has 14 heavy (non-hydrogen) atoms. The Labute approximate surface area is 76.1 Å². The van der Waals surface area contributed by atoms with Gasteiger partial charge in [0, 0.05) is 6.07 Å². The first-order valence-electron chi connectivity index (χ1n) is 3.03. The summed E-state index contributed by atoms with van der Waals surface area (Å²) in [6, 6.07) is 0.379. The van der Waals surface area contributed by atoms with Crippen LogP contribution in [0.3, 0.4) is 0 Å². The first-order chi connectivity index (χ1) is 6.18. The molecule has 0 spiro atoms. The molecule has 0 bridgehead atoms. The second-order valence-corrected chi connectivity index (χ2v) is 3.35. The van der Waals surface area contributed by atoms with Crippen LogP contribution in [0.4, 0.5) is 13.2 Å². The molecule has 0 radical (unpaired) electrons. The smallest absolute Gasteiger partial charge is 0.349 e. The van der Waals surface area contributed by atoms with Crippen LogP contribution in [0, 0.1) is 0 Å². The lowest BCUT2D eigenvalue weighted by Gasteiger charge is -1.99. The minimum atomic E-state index is -4.65. The summed E-state index contributed by atoms with van der Waals surface area (Å²) in [7, 11) is -4.36. The number of nitrogens with zero attached hydrogens (tertiary/aromatic N) is 1. The van der Waals surface area contributed by atoms with Gasteiger partial charge in [0.05, 0.1) is 0 Å². The lowest BCUT2D eigenvalue weighted by molar-refractivity contribution is -0.141. The molecule has 0 aliphatic rings. The fourth-order valence-corrected chi connectivity index (χ4v) is 0.934. The van der Waals surface area contributed by atoms with E-state index in [2.05, 4.69) is 14.4 Å². The van der Waals surface area contributed by atoms with E-state index in [1.54, 1.807) is 5.10 Å². The molecule has 0 saturated heterocycles. The van der Waals surface area contributed by atoms with Crippen LogP contribution in [-0.2, 0) is 16.5 Å². The minimum absolute atomic E-state index is 0.379. The molecule has 0 unspecified atom stereocenters. The molecule has 10 heteroatoms. The molecule has 0 aliphatic carbocycles. The van der Waals surface area contributed by atoms with E-state index in [1.165, 1.54) is 0 Å². The predicted molar refractivity (Wildman–Crippen MR) is 37.3 cm³/mol. The third-order valence-electron chi connectivity index (χ3n) is 1.06. The maximum Gasteiger partial charge on any atom is 0.432 e. The number of nitrogens with one attached hydrogen (secondary N) is 1. The number of hydrogen-bond acceptors (Lipinski definition) is 4. The number of aromatic nitrogens is 2. The molecule has 6 nitrogen and oxygen atoms in total. The van der Waals surface area contributed by atoms with E-state index in [0.717, 1.165) is 0 Å². The Morgan fingerprint density at radius 3 is 2.43 bits per heavy atom. The number of H-pyrrole nitrogens is 1. The summed E-state index contributed by atoms with van der Waals surface area (Å²) in [6.07, 6.45) is -4.65. The molecule has 0 aromatic carbocycles. The van der Waals surface area contributed by atoms with Gasteiger partial charge < -0.3 is 4.18 Å². The second-order valence-electron chi connectivity index (χ2n) is 2.19. The molecule has 80 valence electrons. The highest BCUT2D eigenvalue weighted by Gasteiger charge is 2.33. The van der Waals surface area contributed by atoms with E-state index in [9.17, 15) is 21.6 Å². The van der Waals surface area contributed by atoms with Crippen molar-refractivity contribution >= 4 is 10.3 Å². The molecule has 0 aliphatic heterocycles. The largest absolute Gasteiger partial charge is 0.432 e. The van der Waals surface area contributed by atoms with E-state index < -0.39 is 28.1 Å². The van der Waals surface area contributed by atoms with Crippen LogP contribution in [0.2, 0.25) is 0 Å². The first kappa shape index (κ1) is 10.8. The van der Waals surface area contributed by atoms with Crippen LogP contribution >= 0.6 is 0 Å². The molecule has 1 heterocycles. The van der Waals surface area contributed by atoms with Crippen LogP contribution in [0.5, 0.6) is 5.88 Å². The van der Waals surface area contributed by atoms with Crippen molar-refractivity contribution in [1.82, 2.24) is 10.2 Å². The molecule has 0 atom stereocenters. The van der Waals surface area contributed by atoms with Gasteiger partial charge in [-0.15, -0.1) is 5.10 Å². The molecule has 3 N–H and O–H groups in total. The molecule has 0 amide bonds. The number of rotatable bonds is 2. The van der Waals surface area contributed by atoms with E-state index in [0.29, 0.717) is 6.07 Å². The zero-order chi connectivity index (χ0) is 11.0. The average molecular weight is 231 g/mol. The topological polar surface area (TPSA) is 98.1 Å². The van der Waals surface area contributed by atoms with Crippen LogP contribution < -0.4 is 9.32 Å². The third-order valence-corrected chi connectivity index (χ3v) is 1.46. The van der Waals surface area contributed by atoms with Gasteiger partial charge in [-0.2, -0.15) is 26.7 Å². The van der Waals surface area contributed by atoms with Crippen molar-refractivity contribution in [2.45, 2.75) is 6.18 Å². The number of halogens is 3. The van der Waals surface area contributed by atoms with Crippen molar-refractivity contribution < 1.29 is 25.8 Å². The van der Waals surface area contributed by atoms with Gasteiger partial charge in [-0.25, -0.2) is 0 Å². The predicted octanol–water partition coefficient (Wildman–Crippen LogP) is 0.0108. The zero-order valence-electron chi connectivity index (χ0n) is 6.37. The monoisotopic (exact) mass is 231 g/mol. The Bertz CT molecular complexity index is 423. The average Bonchev–Trinajstić information content (AvgIpc) is 2.29. The van der Waals surface area contributed by atoms with Gasteiger partial charge >= 0.3 is 16.5 Å². The van der Waals surface area contributed by atoms with E-state index >= 15 is 0 Å². The Kier molecular flexibility index (Phi) is 2.41. The van der Waals surface area contributed by atoms with Crippen molar-refractivity contribution in [1.29, 1.82) is 0 Å². The lowest BCUT2D eigenvalue weighted by Crippen LogP contribution is -2.19. The van der Waals surface area contributed by atoms with Crippen LogP contribution in [-0.4, -0.2) is 18.6 Å². The van der Waals surface area contributed by atoms with Gasteiger partial charge in [0.15, 0.2) is 0 Å². The van der Waals surface area contributed by atoms with Crippen LogP contribution in [0.25, 0.3) is 0 Å². The van der Waals surface area contributed by atoms with Crippen molar-refractivity contribution in [2.24, 2.45) is 5.14 Å². The first-order valence-corrected chi connectivity index (χ1v) is 4.50. The molecule has 0 fully saturated rings. The van der Waals surface area contributed by atoms with Crippen molar-refractivity contribution in [3.8, 4) is 5.88 Å². The summed E-state index contributed by atoms with van der Waals surface area (Å²) < 4.78 is 60.2. The molecule has 1 aromatic rings. The van der Waals surface area contributed by atoms with Crippen LogP contribution in [0.15, 0.2) is 6.07 Å². The molecule has 0 saturated carbocycles. The lowest BCUT2D eigenvalue weighted by atomic mass is 10.4. The van der Waals surface area contributed by atoms with Crippen molar-refractivity contribution in [2.75, 3.05) is 0 Å². The summed E-state index contributed by atoms with van der Waals surface area (Å²) in [4.78, 5) is 0. The maximum absolute atomic E-state index is 11.9. The van der Waals surface area contributed by atoms with Gasteiger partial charge in [-0.1, -0.05) is 0 Å². The molecular weight excluding hydrogens is 227 g/mol. The fourth-order valence-electron chi connectivity index (χ4n) is 0.610. The number of nitrogens with two attached hydrogens (primary N) is 1. The van der Waals surface area contributed by atoms with Gasteiger partial charge in [0.25, 0.3) is 5.88 Å². The van der Waals surface area contributed by atoms with Crippen LogP contribution in [0.1, 0.15) is 5.69 Å². The molecule has 1 rings (SSSR count). The Hall–Kier alpha value is -1.29. The van der Waals surface area contributed by atoms with Gasteiger partial charge in [-0.3, -0.25) is 5.10 Å². The number of hydrogen-bond donors (Lipinski definition) is 2. The Balaban J connectivity index is 2.90. The fraction of sp³-hybridized carbons (Fsp3) is 0.250. The summed E-state index contributed by atoms with van der Waals surface area (Å²) in [5.41, 5.74) is -1.23. The van der Waals surface area contributed by atoms with Crippen molar-refractivity contribution in [3.63, 3.8) is 0 Å².